The Morgan fingerprint density at radius 3 is 2.21 bits per heavy atom. The van der Waals surface area contributed by atoms with E-state index in [2.05, 4.69) is 55.6 Å². The highest BCUT2D eigenvalue weighted by atomic mass is 16.1. The van der Waals surface area contributed by atoms with Crippen LogP contribution in [0.15, 0.2) is 24.3 Å². The lowest BCUT2D eigenvalue weighted by Gasteiger charge is -2.34. The average molecular weight is 335 g/mol. The van der Waals surface area contributed by atoms with Crippen LogP contribution in [-0.2, 0) is 4.79 Å². The standard InChI is InChI=1S/C19H32N4O/c1-15(2)19(24)20-14-18(23-12-10-22(5)11-13-23)16-6-8-17(9-7-16)21(3)4/h6-9,15,18H,10-14H2,1-5H3,(H,20,24)/p+2/t18-/m1/s1. The van der Waals surface area contributed by atoms with Gasteiger partial charge < -0.3 is 20.0 Å². The highest BCUT2D eigenvalue weighted by Crippen LogP contribution is 2.16. The maximum atomic E-state index is 12.0. The quantitative estimate of drug-likeness (QED) is 0.623. The lowest BCUT2D eigenvalue weighted by Crippen LogP contribution is -3.27. The SMILES string of the molecule is CC(C)C(=O)NC[C@H](c1ccc(N(C)C)cc1)[NH+]1CC[NH+](C)CC1. The number of carbonyl (C=O) groups is 1. The number of amides is 1. The summed E-state index contributed by atoms with van der Waals surface area (Å²) in [4.78, 5) is 17.3. The van der Waals surface area contributed by atoms with Crippen LogP contribution in [0.3, 0.4) is 0 Å². The van der Waals surface area contributed by atoms with Crippen molar-refractivity contribution in [2.75, 3.05) is 58.8 Å². The topological polar surface area (TPSA) is 41.2 Å². The number of anilines is 1. The molecule has 1 aliphatic rings. The van der Waals surface area contributed by atoms with Gasteiger partial charge in [-0.15, -0.1) is 0 Å². The van der Waals surface area contributed by atoms with Gasteiger partial charge in [-0.3, -0.25) is 4.79 Å². The first kappa shape index (κ1) is 18.7. The number of nitrogens with one attached hydrogen (secondary N) is 3. The minimum Gasteiger partial charge on any atom is -0.378 e. The summed E-state index contributed by atoms with van der Waals surface area (Å²) >= 11 is 0. The molecule has 1 amide bonds. The Bertz CT molecular complexity index is 519. The first-order chi connectivity index (χ1) is 11.4. The normalized spacial score (nSPS) is 22.2. The second-order valence-electron chi connectivity index (χ2n) is 7.55. The van der Waals surface area contributed by atoms with E-state index >= 15 is 0 Å². The molecule has 0 bridgehead atoms. The number of likely N-dealkylation sites (N-methyl/N-ethyl adjacent to an activating group) is 1. The number of hydrogen-bond donors (Lipinski definition) is 3. The lowest BCUT2D eigenvalue weighted by atomic mass is 10.0. The summed E-state index contributed by atoms with van der Waals surface area (Å²) in [5.41, 5.74) is 2.53. The van der Waals surface area contributed by atoms with Gasteiger partial charge in [0.1, 0.15) is 32.2 Å². The fourth-order valence-corrected chi connectivity index (χ4v) is 3.26. The Kier molecular flexibility index (Phi) is 6.63. The van der Waals surface area contributed by atoms with E-state index in [4.69, 9.17) is 0 Å². The third kappa shape index (κ3) is 4.95. The number of rotatable bonds is 6. The van der Waals surface area contributed by atoms with Crippen molar-refractivity contribution >= 4 is 11.6 Å². The summed E-state index contributed by atoms with van der Waals surface area (Å²) < 4.78 is 0. The molecule has 5 nitrogen and oxygen atoms in total. The van der Waals surface area contributed by atoms with Crippen LogP contribution in [-0.4, -0.2) is 59.8 Å². The molecule has 0 saturated carbocycles. The van der Waals surface area contributed by atoms with E-state index in [9.17, 15) is 4.79 Å². The van der Waals surface area contributed by atoms with Crippen LogP contribution in [0.1, 0.15) is 25.5 Å². The Hall–Kier alpha value is -1.59. The number of carbonyl (C=O) groups excluding carboxylic acids is 1. The summed E-state index contributed by atoms with van der Waals surface area (Å²) in [6.07, 6.45) is 0. The zero-order valence-corrected chi connectivity index (χ0v) is 15.9. The molecule has 3 N–H and O–H groups in total. The largest absolute Gasteiger partial charge is 0.378 e. The van der Waals surface area contributed by atoms with Crippen LogP contribution < -0.4 is 20.0 Å². The first-order valence-corrected chi connectivity index (χ1v) is 9.09. The van der Waals surface area contributed by atoms with Crippen LogP contribution in [0, 0.1) is 5.92 Å². The molecule has 1 atom stereocenters. The molecule has 1 aromatic carbocycles. The Balaban J connectivity index is 2.13. The summed E-state index contributed by atoms with van der Waals surface area (Å²) in [6.45, 7) is 9.31. The summed E-state index contributed by atoms with van der Waals surface area (Å²) in [6, 6.07) is 9.12. The molecule has 0 unspecified atom stereocenters. The third-order valence-electron chi connectivity index (χ3n) is 5.06. The molecule has 1 aromatic rings. The Labute approximate surface area is 146 Å². The molecule has 24 heavy (non-hydrogen) atoms. The van der Waals surface area contributed by atoms with Gasteiger partial charge in [-0.25, -0.2) is 0 Å². The fourth-order valence-electron chi connectivity index (χ4n) is 3.26. The van der Waals surface area contributed by atoms with Gasteiger partial charge in [-0.1, -0.05) is 26.0 Å². The molecule has 1 heterocycles. The second kappa shape index (κ2) is 8.49. The van der Waals surface area contributed by atoms with Crippen LogP contribution in [0.5, 0.6) is 0 Å². The van der Waals surface area contributed by atoms with E-state index in [0.717, 1.165) is 13.1 Å². The summed E-state index contributed by atoms with van der Waals surface area (Å²) in [5, 5.41) is 3.15. The molecule has 0 aliphatic carbocycles. The zero-order valence-electron chi connectivity index (χ0n) is 15.9. The van der Waals surface area contributed by atoms with Gasteiger partial charge >= 0.3 is 0 Å². The molecule has 5 heteroatoms. The van der Waals surface area contributed by atoms with E-state index in [0.29, 0.717) is 12.6 Å². The predicted octanol–water partition coefficient (Wildman–Crippen LogP) is -1.02. The fraction of sp³-hybridized carbons (Fsp3) is 0.632. The Morgan fingerprint density at radius 1 is 1.12 bits per heavy atom. The smallest absolute Gasteiger partial charge is 0.222 e. The van der Waals surface area contributed by atoms with E-state index in [-0.39, 0.29) is 11.8 Å². The van der Waals surface area contributed by atoms with Crippen molar-refractivity contribution in [2.24, 2.45) is 5.92 Å². The average Bonchev–Trinajstić information content (AvgIpc) is 2.56. The first-order valence-electron chi connectivity index (χ1n) is 9.09. The van der Waals surface area contributed by atoms with Crippen LogP contribution in [0.25, 0.3) is 0 Å². The van der Waals surface area contributed by atoms with E-state index in [1.807, 2.05) is 13.8 Å². The van der Waals surface area contributed by atoms with Crippen molar-refractivity contribution in [1.82, 2.24) is 5.32 Å². The van der Waals surface area contributed by atoms with Gasteiger partial charge in [0, 0.05) is 31.3 Å². The molecule has 1 saturated heterocycles. The number of quaternary nitrogens is 2. The number of benzene rings is 1. The minimum absolute atomic E-state index is 0.0358. The number of piperazine rings is 1. The van der Waals surface area contributed by atoms with E-state index < -0.39 is 0 Å². The second-order valence-corrected chi connectivity index (χ2v) is 7.55. The molecule has 0 spiro atoms. The van der Waals surface area contributed by atoms with Gasteiger partial charge in [0.2, 0.25) is 5.91 Å². The molecule has 1 fully saturated rings. The summed E-state index contributed by atoms with van der Waals surface area (Å²) in [5.74, 6) is 0.178. The Morgan fingerprint density at radius 2 is 1.71 bits per heavy atom. The molecule has 134 valence electrons. The van der Waals surface area contributed by atoms with Gasteiger partial charge in [0.05, 0.1) is 13.6 Å². The van der Waals surface area contributed by atoms with Crippen molar-refractivity contribution < 1.29 is 14.6 Å². The van der Waals surface area contributed by atoms with Gasteiger partial charge in [-0.05, 0) is 12.1 Å². The van der Waals surface area contributed by atoms with Crippen molar-refractivity contribution in [3.63, 3.8) is 0 Å². The number of hydrogen-bond acceptors (Lipinski definition) is 2. The molecular formula is C19H34N4O+2. The maximum absolute atomic E-state index is 12.0. The highest BCUT2D eigenvalue weighted by molar-refractivity contribution is 5.77. The lowest BCUT2D eigenvalue weighted by molar-refractivity contribution is -1.02. The van der Waals surface area contributed by atoms with Crippen LogP contribution >= 0.6 is 0 Å². The number of nitrogens with zero attached hydrogens (tertiary/aromatic N) is 1. The van der Waals surface area contributed by atoms with Gasteiger partial charge in [0.25, 0.3) is 0 Å². The van der Waals surface area contributed by atoms with Gasteiger partial charge in [0.15, 0.2) is 0 Å². The maximum Gasteiger partial charge on any atom is 0.222 e. The van der Waals surface area contributed by atoms with E-state index in [1.54, 1.807) is 9.80 Å². The zero-order chi connectivity index (χ0) is 17.7. The molecule has 0 radical (unpaired) electrons. The highest BCUT2D eigenvalue weighted by Gasteiger charge is 2.29. The molecule has 0 aromatic heterocycles. The monoisotopic (exact) mass is 334 g/mol. The predicted molar refractivity (Wildman–Crippen MR) is 98.7 cm³/mol. The van der Waals surface area contributed by atoms with Gasteiger partial charge in [-0.2, -0.15) is 0 Å². The van der Waals surface area contributed by atoms with Crippen molar-refractivity contribution in [2.45, 2.75) is 19.9 Å². The van der Waals surface area contributed by atoms with Crippen molar-refractivity contribution in [1.29, 1.82) is 0 Å². The van der Waals surface area contributed by atoms with Crippen molar-refractivity contribution in [3.8, 4) is 0 Å². The van der Waals surface area contributed by atoms with E-state index in [1.165, 1.54) is 24.3 Å². The summed E-state index contributed by atoms with van der Waals surface area (Å²) in [7, 11) is 6.38. The van der Waals surface area contributed by atoms with Crippen molar-refractivity contribution in [3.05, 3.63) is 29.8 Å². The third-order valence-corrected chi connectivity index (χ3v) is 5.06. The molecule has 2 rings (SSSR count). The van der Waals surface area contributed by atoms with Crippen LogP contribution in [0.2, 0.25) is 0 Å². The van der Waals surface area contributed by atoms with Crippen LogP contribution in [0.4, 0.5) is 5.69 Å². The molecule has 1 aliphatic heterocycles. The molecular weight excluding hydrogens is 300 g/mol. The minimum atomic E-state index is 0.0358.